The van der Waals surface area contributed by atoms with Gasteiger partial charge in [0.1, 0.15) is 11.5 Å². The predicted molar refractivity (Wildman–Crippen MR) is 98.9 cm³/mol. The first-order valence-electron chi connectivity index (χ1n) is 8.56. The van der Waals surface area contributed by atoms with Crippen LogP contribution in [0.4, 0.5) is 13.2 Å². The third-order valence-corrected chi connectivity index (χ3v) is 3.72. The van der Waals surface area contributed by atoms with E-state index in [9.17, 15) is 13.2 Å². The first kappa shape index (κ1) is 19.2. The van der Waals surface area contributed by atoms with Gasteiger partial charge in [0, 0.05) is 42.5 Å². The smallest absolute Gasteiger partial charge is 0.433 e. The Kier molecular flexibility index (Phi) is 5.21. The molecule has 0 N–H and O–H groups in total. The predicted octanol–water partition coefficient (Wildman–Crippen LogP) is 4.93. The fourth-order valence-electron chi connectivity index (χ4n) is 2.43. The molecule has 0 saturated carbocycles. The van der Waals surface area contributed by atoms with Gasteiger partial charge in [0.05, 0.1) is 6.20 Å². The Labute approximate surface area is 168 Å². The molecule has 0 unspecified atom stereocenters. The molecule has 0 aliphatic carbocycles. The highest BCUT2D eigenvalue weighted by atomic mass is 19.4. The normalized spacial score (nSPS) is 11.2. The van der Waals surface area contributed by atoms with Gasteiger partial charge in [-0.15, -0.1) is 0 Å². The van der Waals surface area contributed by atoms with Crippen LogP contribution in [0.3, 0.4) is 0 Å². The summed E-state index contributed by atoms with van der Waals surface area (Å²) in [6.07, 6.45) is 2.60. The fraction of sp³-hybridized carbons (Fsp3) is 0.0500. The number of alkyl halides is 3. The van der Waals surface area contributed by atoms with Crippen LogP contribution >= 0.6 is 0 Å². The van der Waals surface area contributed by atoms with Crippen molar-refractivity contribution in [3.05, 3.63) is 79.1 Å². The Morgan fingerprint density at radius 3 is 2.13 bits per heavy atom. The summed E-state index contributed by atoms with van der Waals surface area (Å²) in [5.74, 6) is 0.461. The van der Waals surface area contributed by atoms with Crippen LogP contribution in [0.25, 0.3) is 11.4 Å². The number of hydrogen-bond donors (Lipinski definition) is 0. The van der Waals surface area contributed by atoms with Gasteiger partial charge >= 0.3 is 6.18 Å². The minimum atomic E-state index is -4.67. The van der Waals surface area contributed by atoms with Crippen LogP contribution in [0.15, 0.2) is 73.4 Å². The van der Waals surface area contributed by atoms with Gasteiger partial charge in [-0.3, -0.25) is 9.97 Å². The average molecular weight is 411 g/mol. The van der Waals surface area contributed by atoms with Crippen molar-refractivity contribution in [2.45, 2.75) is 6.18 Å². The lowest BCUT2D eigenvalue weighted by molar-refractivity contribution is -0.141. The van der Waals surface area contributed by atoms with E-state index < -0.39 is 11.9 Å². The summed E-state index contributed by atoms with van der Waals surface area (Å²) in [7, 11) is 0. The molecule has 0 aliphatic heterocycles. The molecule has 10 heteroatoms. The summed E-state index contributed by atoms with van der Waals surface area (Å²) < 4.78 is 51.1. The van der Waals surface area contributed by atoms with Crippen molar-refractivity contribution in [1.29, 1.82) is 0 Å². The Morgan fingerprint density at radius 1 is 0.733 bits per heavy atom. The second-order valence-electron chi connectivity index (χ2n) is 5.87. The van der Waals surface area contributed by atoms with Crippen LogP contribution in [-0.2, 0) is 6.18 Å². The van der Waals surface area contributed by atoms with E-state index >= 15 is 0 Å². The average Bonchev–Trinajstić information content (AvgIpc) is 2.74. The van der Waals surface area contributed by atoms with E-state index in [0.717, 1.165) is 6.07 Å². The van der Waals surface area contributed by atoms with Crippen molar-refractivity contribution in [2.24, 2.45) is 0 Å². The molecule has 4 rings (SSSR count). The number of hydrogen-bond acceptors (Lipinski definition) is 7. The van der Waals surface area contributed by atoms with E-state index in [0.29, 0.717) is 11.3 Å². The van der Waals surface area contributed by atoms with Crippen LogP contribution in [0.5, 0.6) is 23.3 Å². The minimum Gasteiger partial charge on any atom is -0.439 e. The fourth-order valence-corrected chi connectivity index (χ4v) is 2.43. The first-order chi connectivity index (χ1) is 14.5. The number of benzene rings is 1. The molecular formula is C20H12F3N5O2. The van der Waals surface area contributed by atoms with E-state index in [1.807, 2.05) is 0 Å². The maximum atomic E-state index is 13.3. The SMILES string of the molecule is FC(F)(F)c1cc(Oc2cccc(Oc3cnccn3)c2)nc(-c2ccncc2)n1. The van der Waals surface area contributed by atoms with Gasteiger partial charge in [-0.25, -0.2) is 9.97 Å². The molecule has 0 saturated heterocycles. The number of halogens is 3. The van der Waals surface area contributed by atoms with Gasteiger partial charge in [0.2, 0.25) is 11.8 Å². The molecule has 0 spiro atoms. The number of nitrogens with zero attached hydrogens (tertiary/aromatic N) is 5. The Balaban J connectivity index is 1.65. The highest BCUT2D eigenvalue weighted by Crippen LogP contribution is 2.33. The Morgan fingerprint density at radius 2 is 1.47 bits per heavy atom. The lowest BCUT2D eigenvalue weighted by Crippen LogP contribution is -2.10. The van der Waals surface area contributed by atoms with Crippen LogP contribution in [-0.4, -0.2) is 24.9 Å². The zero-order valence-corrected chi connectivity index (χ0v) is 15.1. The summed E-state index contributed by atoms with van der Waals surface area (Å²) in [6, 6.07) is 10.1. The maximum Gasteiger partial charge on any atom is 0.433 e. The van der Waals surface area contributed by atoms with Crippen molar-refractivity contribution in [3.8, 4) is 34.6 Å². The third kappa shape index (κ3) is 4.66. The second kappa shape index (κ2) is 8.11. The molecule has 0 amide bonds. The molecule has 150 valence electrons. The summed E-state index contributed by atoms with van der Waals surface area (Å²) in [4.78, 5) is 19.4. The van der Waals surface area contributed by atoms with Crippen LogP contribution in [0, 0.1) is 0 Å². The van der Waals surface area contributed by atoms with Gasteiger partial charge in [-0.1, -0.05) is 6.07 Å². The summed E-state index contributed by atoms with van der Waals surface area (Å²) in [5, 5.41) is 0. The monoisotopic (exact) mass is 411 g/mol. The highest BCUT2D eigenvalue weighted by Gasteiger charge is 2.34. The lowest BCUT2D eigenvalue weighted by atomic mass is 10.2. The van der Waals surface area contributed by atoms with Crippen molar-refractivity contribution >= 4 is 0 Å². The molecule has 3 aromatic heterocycles. The number of ether oxygens (including phenoxy) is 2. The molecule has 1 aromatic carbocycles. The molecule has 0 aliphatic rings. The number of rotatable bonds is 5. The lowest BCUT2D eigenvalue weighted by Gasteiger charge is -2.12. The van der Waals surface area contributed by atoms with E-state index in [4.69, 9.17) is 9.47 Å². The minimum absolute atomic E-state index is 0.130. The Hall–Kier alpha value is -4.08. The van der Waals surface area contributed by atoms with Gasteiger partial charge < -0.3 is 9.47 Å². The summed E-state index contributed by atoms with van der Waals surface area (Å²) in [6.45, 7) is 0. The zero-order chi connectivity index (χ0) is 21.0. The molecule has 0 bridgehead atoms. The largest absolute Gasteiger partial charge is 0.439 e. The van der Waals surface area contributed by atoms with E-state index in [1.54, 1.807) is 18.2 Å². The van der Waals surface area contributed by atoms with E-state index in [1.165, 1.54) is 49.2 Å². The molecule has 3 heterocycles. The zero-order valence-electron chi connectivity index (χ0n) is 15.1. The van der Waals surface area contributed by atoms with Crippen LogP contribution in [0.1, 0.15) is 5.69 Å². The number of pyridine rings is 1. The van der Waals surface area contributed by atoms with Gasteiger partial charge in [-0.2, -0.15) is 18.2 Å². The number of aromatic nitrogens is 5. The Bertz CT molecular complexity index is 1140. The first-order valence-corrected chi connectivity index (χ1v) is 8.56. The van der Waals surface area contributed by atoms with Crippen LogP contribution in [0.2, 0.25) is 0 Å². The quantitative estimate of drug-likeness (QED) is 0.460. The van der Waals surface area contributed by atoms with E-state index in [-0.39, 0.29) is 23.3 Å². The molecule has 30 heavy (non-hydrogen) atoms. The third-order valence-electron chi connectivity index (χ3n) is 3.72. The standard InChI is InChI=1S/C20H12F3N5O2/c21-20(22,23)16-11-17(28-19(27-16)13-4-6-24-7-5-13)29-14-2-1-3-15(10-14)30-18-12-25-8-9-26-18/h1-12H. The van der Waals surface area contributed by atoms with Crippen LogP contribution < -0.4 is 9.47 Å². The van der Waals surface area contributed by atoms with Crippen molar-refractivity contribution < 1.29 is 22.6 Å². The van der Waals surface area contributed by atoms with E-state index in [2.05, 4.69) is 24.9 Å². The second-order valence-corrected chi connectivity index (χ2v) is 5.87. The van der Waals surface area contributed by atoms with Crippen molar-refractivity contribution in [1.82, 2.24) is 24.9 Å². The summed E-state index contributed by atoms with van der Waals surface area (Å²) >= 11 is 0. The van der Waals surface area contributed by atoms with Gasteiger partial charge in [-0.05, 0) is 24.3 Å². The molecule has 4 aromatic rings. The molecule has 0 atom stereocenters. The molecular weight excluding hydrogens is 399 g/mol. The van der Waals surface area contributed by atoms with Crippen molar-refractivity contribution in [2.75, 3.05) is 0 Å². The highest BCUT2D eigenvalue weighted by molar-refractivity contribution is 5.55. The molecule has 0 radical (unpaired) electrons. The topological polar surface area (TPSA) is 82.9 Å². The maximum absolute atomic E-state index is 13.3. The van der Waals surface area contributed by atoms with Crippen molar-refractivity contribution in [3.63, 3.8) is 0 Å². The molecule has 0 fully saturated rings. The molecule has 7 nitrogen and oxygen atoms in total. The summed E-state index contributed by atoms with van der Waals surface area (Å²) in [5.41, 5.74) is -0.744. The van der Waals surface area contributed by atoms with Gasteiger partial charge in [0.25, 0.3) is 0 Å². The van der Waals surface area contributed by atoms with Gasteiger partial charge in [0.15, 0.2) is 11.5 Å².